The first-order valence-electron chi connectivity index (χ1n) is 11.3. The lowest BCUT2D eigenvalue weighted by Gasteiger charge is -2.08. The molecule has 0 radical (unpaired) electrons. The summed E-state index contributed by atoms with van der Waals surface area (Å²) in [4.78, 5) is 22.7. The number of aromatic nitrogens is 4. The van der Waals surface area contributed by atoms with E-state index in [-0.39, 0.29) is 5.56 Å². The van der Waals surface area contributed by atoms with Crippen LogP contribution in [0.25, 0.3) is 39.3 Å². The fraction of sp³-hybridized carbons (Fsp3) is 0.0714. The summed E-state index contributed by atoms with van der Waals surface area (Å²) in [5, 5.41) is 6.02. The Hall–Kier alpha value is -4.78. The van der Waals surface area contributed by atoms with E-state index in [4.69, 9.17) is 9.40 Å². The number of rotatable bonds is 4. The van der Waals surface area contributed by atoms with Crippen molar-refractivity contribution in [2.24, 2.45) is 5.10 Å². The molecule has 7 heteroatoms. The molecule has 6 rings (SSSR count). The molecular weight excluding hydrogens is 438 g/mol. The number of nitrogens with zero attached hydrogens (tertiary/aromatic N) is 5. The summed E-state index contributed by atoms with van der Waals surface area (Å²) in [6.07, 6.45) is 3.45. The Morgan fingerprint density at radius 2 is 1.74 bits per heavy atom. The normalized spacial score (nSPS) is 11.7. The molecule has 0 aliphatic rings. The molecule has 0 saturated carbocycles. The standard InChI is InChI=1S/C28H21N5O2/c1-18-15-21(19(2)32(18)26-13-7-8-14-29-26)17-30-33-27(25-16-20-9-3-6-12-24(20)35-25)31-23-11-5-4-10-22(23)28(33)34/h3-17H,1-2H3. The van der Waals surface area contributed by atoms with Gasteiger partial charge in [0.25, 0.3) is 5.56 Å². The van der Waals surface area contributed by atoms with Crippen molar-refractivity contribution in [1.82, 2.24) is 19.2 Å². The SMILES string of the molecule is Cc1cc(C=Nn2c(-c3cc4ccccc4o3)nc3ccccc3c2=O)c(C)n1-c1ccccn1. The first kappa shape index (κ1) is 20.8. The second kappa shape index (κ2) is 8.22. The Morgan fingerprint density at radius 1 is 0.943 bits per heavy atom. The fourth-order valence-electron chi connectivity index (χ4n) is 4.36. The average molecular weight is 460 g/mol. The van der Waals surface area contributed by atoms with Gasteiger partial charge in [0, 0.05) is 28.5 Å². The molecule has 0 saturated heterocycles. The second-order valence-corrected chi connectivity index (χ2v) is 8.31. The first-order chi connectivity index (χ1) is 17.1. The summed E-state index contributed by atoms with van der Waals surface area (Å²) in [6.45, 7) is 4.02. The highest BCUT2D eigenvalue weighted by Crippen LogP contribution is 2.27. The largest absolute Gasteiger partial charge is 0.453 e. The lowest BCUT2D eigenvalue weighted by Crippen LogP contribution is -2.20. The Bertz CT molecular complexity index is 1760. The van der Waals surface area contributed by atoms with Crippen LogP contribution in [0.2, 0.25) is 0 Å². The predicted molar refractivity (Wildman–Crippen MR) is 137 cm³/mol. The third-order valence-electron chi connectivity index (χ3n) is 6.06. The third-order valence-corrected chi connectivity index (χ3v) is 6.06. The Kier molecular flexibility index (Phi) is 4.88. The molecule has 0 aliphatic carbocycles. The molecule has 0 N–H and O–H groups in total. The molecule has 0 amide bonds. The number of fused-ring (bicyclic) bond motifs is 2. The molecule has 2 aromatic carbocycles. The van der Waals surface area contributed by atoms with E-state index in [2.05, 4.69) is 14.7 Å². The minimum atomic E-state index is -0.263. The average Bonchev–Trinajstić information content (AvgIpc) is 3.44. The summed E-state index contributed by atoms with van der Waals surface area (Å²) < 4.78 is 9.42. The highest BCUT2D eigenvalue weighted by Gasteiger charge is 2.17. The van der Waals surface area contributed by atoms with Crippen LogP contribution in [0.1, 0.15) is 17.0 Å². The zero-order valence-electron chi connectivity index (χ0n) is 19.2. The van der Waals surface area contributed by atoms with E-state index in [0.717, 1.165) is 33.7 Å². The summed E-state index contributed by atoms with van der Waals surface area (Å²) in [6, 6.07) is 24.6. The van der Waals surface area contributed by atoms with Crippen molar-refractivity contribution < 1.29 is 4.42 Å². The molecule has 0 unspecified atom stereocenters. The predicted octanol–water partition coefficient (Wildman–Crippen LogP) is 5.49. The van der Waals surface area contributed by atoms with Crippen molar-refractivity contribution in [3.05, 3.63) is 112 Å². The van der Waals surface area contributed by atoms with E-state index in [9.17, 15) is 4.79 Å². The number of hydrogen-bond donors (Lipinski definition) is 0. The van der Waals surface area contributed by atoms with Gasteiger partial charge in [-0.25, -0.2) is 9.97 Å². The quantitative estimate of drug-likeness (QED) is 0.326. The molecule has 0 bridgehead atoms. The summed E-state index contributed by atoms with van der Waals surface area (Å²) in [7, 11) is 0. The van der Waals surface area contributed by atoms with Crippen LogP contribution < -0.4 is 5.56 Å². The topological polar surface area (TPSA) is 78.2 Å². The van der Waals surface area contributed by atoms with Crippen LogP contribution in [-0.4, -0.2) is 25.4 Å². The van der Waals surface area contributed by atoms with Gasteiger partial charge in [-0.1, -0.05) is 36.4 Å². The highest BCUT2D eigenvalue weighted by molar-refractivity contribution is 5.85. The molecule has 0 aliphatic heterocycles. The van der Waals surface area contributed by atoms with Crippen molar-refractivity contribution in [1.29, 1.82) is 0 Å². The second-order valence-electron chi connectivity index (χ2n) is 8.31. The maximum absolute atomic E-state index is 13.5. The summed E-state index contributed by atoms with van der Waals surface area (Å²) >= 11 is 0. The van der Waals surface area contributed by atoms with E-state index in [1.54, 1.807) is 18.5 Å². The highest BCUT2D eigenvalue weighted by atomic mass is 16.3. The van der Waals surface area contributed by atoms with Gasteiger partial charge in [0.05, 0.1) is 17.1 Å². The minimum absolute atomic E-state index is 0.263. The molecule has 0 atom stereocenters. The molecule has 6 aromatic rings. The van der Waals surface area contributed by atoms with Crippen LogP contribution >= 0.6 is 0 Å². The zero-order valence-corrected chi connectivity index (χ0v) is 19.2. The molecular formula is C28H21N5O2. The Morgan fingerprint density at radius 3 is 2.57 bits per heavy atom. The maximum atomic E-state index is 13.5. The summed E-state index contributed by atoms with van der Waals surface area (Å²) in [5.74, 6) is 1.65. The molecule has 4 heterocycles. The van der Waals surface area contributed by atoms with Crippen molar-refractivity contribution in [2.45, 2.75) is 13.8 Å². The number of furan rings is 1. The van der Waals surface area contributed by atoms with Crippen LogP contribution in [0.4, 0.5) is 0 Å². The number of aryl methyl sites for hydroxylation is 1. The molecule has 4 aromatic heterocycles. The van der Waals surface area contributed by atoms with Crippen LogP contribution in [-0.2, 0) is 0 Å². The molecule has 0 fully saturated rings. The minimum Gasteiger partial charge on any atom is -0.453 e. The molecule has 35 heavy (non-hydrogen) atoms. The van der Waals surface area contributed by atoms with Gasteiger partial charge in [0.2, 0.25) is 5.82 Å². The van der Waals surface area contributed by atoms with Gasteiger partial charge >= 0.3 is 0 Å². The van der Waals surface area contributed by atoms with Crippen molar-refractivity contribution in [3.8, 4) is 17.4 Å². The van der Waals surface area contributed by atoms with Gasteiger partial charge in [-0.15, -0.1) is 0 Å². The van der Waals surface area contributed by atoms with Crippen molar-refractivity contribution in [2.75, 3.05) is 0 Å². The van der Waals surface area contributed by atoms with Crippen LogP contribution in [0, 0.1) is 13.8 Å². The van der Waals surface area contributed by atoms with Gasteiger partial charge in [0.1, 0.15) is 11.4 Å². The van der Waals surface area contributed by atoms with E-state index < -0.39 is 0 Å². The molecule has 0 spiro atoms. The zero-order chi connectivity index (χ0) is 23.9. The number of hydrogen-bond acceptors (Lipinski definition) is 5. The van der Waals surface area contributed by atoms with Crippen molar-refractivity contribution >= 4 is 28.1 Å². The van der Waals surface area contributed by atoms with Crippen LogP contribution in [0.3, 0.4) is 0 Å². The molecule has 7 nitrogen and oxygen atoms in total. The van der Waals surface area contributed by atoms with Gasteiger partial charge < -0.3 is 8.98 Å². The van der Waals surface area contributed by atoms with E-state index >= 15 is 0 Å². The Balaban J connectivity index is 1.53. The van der Waals surface area contributed by atoms with Gasteiger partial charge in [0.15, 0.2) is 5.76 Å². The Labute approximate surface area is 200 Å². The number of pyridine rings is 1. The maximum Gasteiger partial charge on any atom is 0.282 e. The number of benzene rings is 2. The van der Waals surface area contributed by atoms with Crippen LogP contribution in [0.5, 0.6) is 0 Å². The van der Waals surface area contributed by atoms with Gasteiger partial charge in [-0.2, -0.15) is 9.78 Å². The van der Waals surface area contributed by atoms with E-state index in [0.29, 0.717) is 22.5 Å². The van der Waals surface area contributed by atoms with Crippen LogP contribution in [0.15, 0.2) is 99.4 Å². The van der Waals surface area contributed by atoms with E-state index in [1.807, 2.05) is 86.6 Å². The monoisotopic (exact) mass is 459 g/mol. The smallest absolute Gasteiger partial charge is 0.282 e. The van der Waals surface area contributed by atoms with Crippen molar-refractivity contribution in [3.63, 3.8) is 0 Å². The number of para-hydroxylation sites is 2. The fourth-order valence-corrected chi connectivity index (χ4v) is 4.36. The summed E-state index contributed by atoms with van der Waals surface area (Å²) in [5.41, 5.74) is 3.91. The lowest BCUT2D eigenvalue weighted by molar-refractivity contribution is 0.616. The lowest BCUT2D eigenvalue weighted by atomic mass is 10.2. The van der Waals surface area contributed by atoms with Gasteiger partial charge in [-0.05, 0) is 56.3 Å². The van der Waals surface area contributed by atoms with E-state index in [1.165, 1.54) is 4.68 Å². The first-order valence-corrected chi connectivity index (χ1v) is 11.3. The third kappa shape index (κ3) is 3.54. The molecule has 170 valence electrons. The van der Waals surface area contributed by atoms with Gasteiger partial charge in [-0.3, -0.25) is 4.79 Å².